The van der Waals surface area contributed by atoms with Crippen molar-refractivity contribution in [2.75, 3.05) is 13.7 Å². The zero-order chi connectivity index (χ0) is 24.0. The Labute approximate surface area is 199 Å². The zero-order valence-corrected chi connectivity index (χ0v) is 19.1. The van der Waals surface area contributed by atoms with Crippen molar-refractivity contribution in [3.8, 4) is 0 Å². The summed E-state index contributed by atoms with van der Waals surface area (Å²) in [6, 6.07) is 9.64. The Kier molecular flexibility index (Phi) is 5.78. The van der Waals surface area contributed by atoms with Gasteiger partial charge in [0.2, 0.25) is 0 Å². The smallest absolute Gasteiger partial charge is 0.377 e. The van der Waals surface area contributed by atoms with E-state index in [1.165, 1.54) is 12.1 Å². The highest BCUT2D eigenvalue weighted by atomic mass is 35.5. The van der Waals surface area contributed by atoms with Crippen molar-refractivity contribution in [3.05, 3.63) is 93.7 Å². The average molecular weight is 487 g/mol. The number of ether oxygens (including phenoxy) is 1. The van der Waals surface area contributed by atoms with Gasteiger partial charge in [-0.25, -0.2) is 0 Å². The quantitative estimate of drug-likeness (QED) is 0.460. The van der Waals surface area contributed by atoms with Crippen molar-refractivity contribution in [3.63, 3.8) is 0 Å². The van der Waals surface area contributed by atoms with Crippen LogP contribution < -0.4 is 0 Å². The number of carbonyl (C=O) groups is 1. The largest absolute Gasteiger partial charge is 0.416 e. The van der Waals surface area contributed by atoms with Crippen LogP contribution in [0.2, 0.25) is 5.02 Å². The molecule has 2 unspecified atom stereocenters. The van der Waals surface area contributed by atoms with Crippen molar-refractivity contribution < 1.29 is 22.7 Å². The summed E-state index contributed by atoms with van der Waals surface area (Å²) in [4.78, 5) is 18.7. The Morgan fingerprint density at radius 3 is 2.59 bits per heavy atom. The van der Waals surface area contributed by atoms with Crippen LogP contribution in [0.3, 0.4) is 0 Å². The predicted molar refractivity (Wildman–Crippen MR) is 125 cm³/mol. The lowest BCUT2D eigenvalue weighted by molar-refractivity contribution is -0.137. The third kappa shape index (κ3) is 4.03. The molecule has 0 bridgehead atoms. The first-order chi connectivity index (χ1) is 16.3. The summed E-state index contributed by atoms with van der Waals surface area (Å²) in [5, 5.41) is 1.65. The van der Waals surface area contributed by atoms with Gasteiger partial charge in [-0.15, -0.1) is 0 Å². The Morgan fingerprint density at radius 1 is 1.18 bits per heavy atom. The van der Waals surface area contributed by atoms with E-state index in [0.29, 0.717) is 24.4 Å². The van der Waals surface area contributed by atoms with E-state index in [2.05, 4.69) is 11.1 Å². The predicted octanol–water partition coefficient (Wildman–Crippen LogP) is 6.48. The second kappa shape index (κ2) is 8.64. The Hall–Kier alpha value is -3.03. The van der Waals surface area contributed by atoms with Crippen LogP contribution in [0.25, 0.3) is 10.9 Å². The molecule has 0 saturated carbocycles. The van der Waals surface area contributed by atoms with Gasteiger partial charge in [-0.2, -0.15) is 13.2 Å². The summed E-state index contributed by atoms with van der Waals surface area (Å²) in [5.74, 6) is -0.316. The maximum absolute atomic E-state index is 13.5. The second-order valence-electron chi connectivity index (χ2n) is 8.51. The molecule has 1 aliphatic carbocycles. The molecule has 1 aliphatic heterocycles. The van der Waals surface area contributed by atoms with Crippen LogP contribution >= 0.6 is 11.6 Å². The molecule has 2 aliphatic rings. The van der Waals surface area contributed by atoms with Gasteiger partial charge in [-0.3, -0.25) is 4.79 Å². The lowest BCUT2D eigenvalue weighted by Crippen LogP contribution is -2.41. The van der Waals surface area contributed by atoms with Gasteiger partial charge in [0.05, 0.1) is 17.7 Å². The number of nitrogens with zero attached hydrogens (tertiary/aromatic N) is 1. The number of carbonyl (C=O) groups excluding carboxylic acids is 1. The van der Waals surface area contributed by atoms with Crippen LogP contribution in [-0.2, 0) is 17.3 Å². The van der Waals surface area contributed by atoms with E-state index in [9.17, 15) is 18.0 Å². The molecule has 4 nitrogen and oxygen atoms in total. The maximum Gasteiger partial charge on any atom is 0.416 e. The molecule has 1 amide bonds. The Balaban J connectivity index is 1.57. The Morgan fingerprint density at radius 2 is 1.94 bits per heavy atom. The van der Waals surface area contributed by atoms with Gasteiger partial charge in [0, 0.05) is 40.8 Å². The molecule has 3 aromatic rings. The van der Waals surface area contributed by atoms with Crippen LogP contribution in [-0.4, -0.2) is 35.5 Å². The lowest BCUT2D eigenvalue weighted by atomic mass is 9.88. The fraction of sp³-hybridized carbons (Fsp3) is 0.269. The van der Waals surface area contributed by atoms with Gasteiger partial charge in [0.1, 0.15) is 0 Å². The average Bonchev–Trinajstić information content (AvgIpc) is 3.20. The van der Waals surface area contributed by atoms with Crippen LogP contribution in [0.15, 0.2) is 66.3 Å². The number of fused-ring (bicyclic) bond motifs is 3. The first-order valence-electron chi connectivity index (χ1n) is 11.0. The molecule has 1 aromatic heterocycles. The standard InChI is InChI=1S/C26H22ClF3N2O2/c1-34-19-9-4-15(5-10-19)24-23-20(21-14-18(27)8-11-22(21)31-23)12-13-32(24)25(33)16-2-6-17(7-3-16)26(28,29)30/h2-9,11,14,19,24,31H,10,12-13H2,1H3. The number of amides is 1. The number of halogens is 4. The number of rotatable bonds is 3. The summed E-state index contributed by atoms with van der Waals surface area (Å²) in [5.41, 5.74) is 3.30. The molecular formula is C26H22ClF3N2O2. The SMILES string of the molecule is COC1C=CC(C2c3[nH]c4ccc(Cl)cc4c3CCN2C(=O)c2ccc(C(F)(F)F)cc2)=CC1. The van der Waals surface area contributed by atoms with Crippen molar-refractivity contribution in [2.24, 2.45) is 0 Å². The van der Waals surface area contributed by atoms with Crippen molar-refractivity contribution >= 4 is 28.4 Å². The van der Waals surface area contributed by atoms with Gasteiger partial charge in [-0.1, -0.05) is 29.8 Å². The number of nitrogens with one attached hydrogen (secondary N) is 1. The van der Waals surface area contributed by atoms with E-state index in [-0.39, 0.29) is 17.6 Å². The number of aromatic nitrogens is 1. The lowest BCUT2D eigenvalue weighted by Gasteiger charge is -2.37. The summed E-state index contributed by atoms with van der Waals surface area (Å²) >= 11 is 6.24. The van der Waals surface area contributed by atoms with Crippen molar-refractivity contribution in [1.29, 1.82) is 0 Å². The molecular weight excluding hydrogens is 465 g/mol. The first-order valence-corrected chi connectivity index (χ1v) is 11.3. The third-order valence-corrected chi connectivity index (χ3v) is 6.75. The van der Waals surface area contributed by atoms with E-state index in [4.69, 9.17) is 16.3 Å². The van der Waals surface area contributed by atoms with Crippen LogP contribution in [0.4, 0.5) is 13.2 Å². The third-order valence-electron chi connectivity index (χ3n) is 6.52. The van der Waals surface area contributed by atoms with Gasteiger partial charge in [-0.05, 0) is 66.4 Å². The number of alkyl halides is 3. The van der Waals surface area contributed by atoms with Gasteiger partial charge >= 0.3 is 6.18 Å². The van der Waals surface area contributed by atoms with E-state index < -0.39 is 17.8 Å². The van der Waals surface area contributed by atoms with E-state index >= 15 is 0 Å². The highest BCUT2D eigenvalue weighted by molar-refractivity contribution is 6.31. The molecule has 2 aromatic carbocycles. The fourth-order valence-electron chi connectivity index (χ4n) is 4.79. The summed E-state index contributed by atoms with van der Waals surface area (Å²) < 4.78 is 44.4. The van der Waals surface area contributed by atoms with Crippen LogP contribution in [0, 0.1) is 0 Å². The van der Waals surface area contributed by atoms with Crippen molar-refractivity contribution in [2.45, 2.75) is 31.2 Å². The Bertz CT molecular complexity index is 1310. The first kappa shape index (κ1) is 22.7. The summed E-state index contributed by atoms with van der Waals surface area (Å²) in [7, 11) is 1.65. The minimum absolute atomic E-state index is 0.0348. The highest BCUT2D eigenvalue weighted by Gasteiger charge is 2.36. The van der Waals surface area contributed by atoms with Crippen LogP contribution in [0.5, 0.6) is 0 Å². The van der Waals surface area contributed by atoms with Gasteiger partial charge in [0.15, 0.2) is 0 Å². The zero-order valence-electron chi connectivity index (χ0n) is 18.3. The molecule has 34 heavy (non-hydrogen) atoms. The molecule has 0 fully saturated rings. The highest BCUT2D eigenvalue weighted by Crippen LogP contribution is 2.41. The molecule has 8 heteroatoms. The molecule has 1 N–H and O–H groups in total. The number of benzene rings is 2. The molecule has 0 saturated heterocycles. The van der Waals surface area contributed by atoms with Crippen molar-refractivity contribution in [1.82, 2.24) is 9.88 Å². The van der Waals surface area contributed by atoms with Crippen LogP contribution in [0.1, 0.15) is 39.6 Å². The minimum Gasteiger partial charge on any atom is -0.377 e. The van der Waals surface area contributed by atoms with E-state index in [1.54, 1.807) is 12.0 Å². The second-order valence-corrected chi connectivity index (χ2v) is 8.94. The normalized spacial score (nSPS) is 20.4. The summed E-state index contributed by atoms with van der Waals surface area (Å²) in [6.45, 7) is 0.426. The van der Waals surface area contributed by atoms with E-state index in [1.807, 2.05) is 30.4 Å². The maximum atomic E-state index is 13.5. The van der Waals surface area contributed by atoms with Gasteiger partial charge < -0.3 is 14.6 Å². The van der Waals surface area contributed by atoms with E-state index in [0.717, 1.165) is 39.9 Å². The fourth-order valence-corrected chi connectivity index (χ4v) is 4.96. The number of aromatic amines is 1. The number of H-pyrrole nitrogens is 1. The van der Waals surface area contributed by atoms with Gasteiger partial charge in [0.25, 0.3) is 5.91 Å². The molecule has 5 rings (SSSR count). The number of methoxy groups -OCH3 is 1. The summed E-state index contributed by atoms with van der Waals surface area (Å²) in [6.07, 6.45) is 2.77. The molecule has 0 spiro atoms. The number of hydrogen-bond donors (Lipinski definition) is 1. The molecule has 176 valence electrons. The monoisotopic (exact) mass is 486 g/mol. The number of hydrogen-bond acceptors (Lipinski definition) is 2. The molecule has 2 heterocycles. The topological polar surface area (TPSA) is 45.3 Å². The minimum atomic E-state index is -4.45. The molecule has 2 atom stereocenters. The molecule has 0 radical (unpaired) electrons.